The predicted octanol–water partition coefficient (Wildman–Crippen LogP) is 15.1. The number of allylic oxidation sites excluding steroid dienone is 5. The van der Waals surface area contributed by atoms with Gasteiger partial charge < -0.3 is 20.6 Å². The first-order chi connectivity index (χ1) is 28.0. The molecule has 0 rings (SSSR count). The van der Waals surface area contributed by atoms with Crippen molar-refractivity contribution in [3.63, 3.8) is 0 Å². The zero-order chi connectivity index (χ0) is 41.5. The van der Waals surface area contributed by atoms with Crippen LogP contribution in [0.2, 0.25) is 0 Å². The van der Waals surface area contributed by atoms with E-state index in [1.165, 1.54) is 199 Å². The molecule has 0 aromatic carbocycles. The molecule has 0 radical (unpaired) electrons. The van der Waals surface area contributed by atoms with Crippen LogP contribution in [-0.4, -0.2) is 46.1 Å². The van der Waals surface area contributed by atoms with E-state index in [0.717, 1.165) is 38.5 Å². The molecule has 0 saturated heterocycles. The molecule has 57 heavy (non-hydrogen) atoms. The lowest BCUT2D eigenvalue weighted by Gasteiger charge is -2.21. The average molecular weight is 802 g/mol. The minimum Gasteiger partial charge on any atom is -0.394 e. The highest BCUT2D eigenvalue weighted by molar-refractivity contribution is 5.76. The van der Waals surface area contributed by atoms with E-state index in [9.17, 15) is 20.1 Å². The Morgan fingerprint density at radius 2 is 0.754 bits per heavy atom. The van der Waals surface area contributed by atoms with Crippen LogP contribution in [0.5, 0.6) is 0 Å². The Kier molecular flexibility index (Phi) is 46.1. The van der Waals surface area contributed by atoms with Crippen LogP contribution < -0.4 is 5.32 Å². The number of rotatable bonds is 46. The number of carbonyl (C=O) groups excluding carboxylic acids is 1. The Morgan fingerprint density at radius 3 is 1.12 bits per heavy atom. The summed E-state index contributed by atoms with van der Waals surface area (Å²) in [6.45, 7) is 4.22. The van der Waals surface area contributed by atoms with Gasteiger partial charge in [-0.25, -0.2) is 0 Å². The zero-order valence-corrected chi connectivity index (χ0v) is 38.2. The largest absolute Gasteiger partial charge is 0.394 e. The van der Waals surface area contributed by atoms with Crippen LogP contribution in [0.15, 0.2) is 36.5 Å². The second-order valence-corrected chi connectivity index (χ2v) is 17.4. The highest BCUT2D eigenvalue weighted by Crippen LogP contribution is 2.17. The quantitative estimate of drug-likeness (QED) is 0.0365. The van der Waals surface area contributed by atoms with Gasteiger partial charge in [0.2, 0.25) is 5.91 Å². The molecule has 0 aromatic heterocycles. The van der Waals surface area contributed by atoms with Gasteiger partial charge in [0.05, 0.1) is 31.3 Å². The van der Waals surface area contributed by atoms with Crippen molar-refractivity contribution in [3.05, 3.63) is 36.5 Å². The van der Waals surface area contributed by atoms with Crippen molar-refractivity contribution >= 4 is 5.91 Å². The fourth-order valence-corrected chi connectivity index (χ4v) is 7.79. The van der Waals surface area contributed by atoms with Crippen LogP contribution in [0.1, 0.15) is 264 Å². The first-order valence-corrected chi connectivity index (χ1v) is 25.3. The second-order valence-electron chi connectivity index (χ2n) is 17.4. The lowest BCUT2D eigenvalue weighted by Crippen LogP contribution is -2.45. The molecule has 5 heteroatoms. The van der Waals surface area contributed by atoms with E-state index in [1.807, 2.05) is 6.08 Å². The van der Waals surface area contributed by atoms with Gasteiger partial charge in [-0.3, -0.25) is 4.79 Å². The number of nitrogens with one attached hydrogen (secondary N) is 1. The second kappa shape index (κ2) is 47.3. The third-order valence-electron chi connectivity index (χ3n) is 11.7. The van der Waals surface area contributed by atoms with Gasteiger partial charge in [0, 0.05) is 0 Å². The maximum absolute atomic E-state index is 12.5. The molecule has 5 nitrogen and oxygen atoms in total. The lowest BCUT2D eigenvalue weighted by atomic mass is 10.0. The molecule has 4 N–H and O–H groups in total. The van der Waals surface area contributed by atoms with Crippen LogP contribution in [0, 0.1) is 0 Å². The van der Waals surface area contributed by atoms with E-state index in [-0.39, 0.29) is 18.9 Å². The Hall–Kier alpha value is -1.43. The maximum Gasteiger partial charge on any atom is 0.222 e. The molecule has 0 aliphatic rings. The summed E-state index contributed by atoms with van der Waals surface area (Å²) in [4.78, 5) is 12.5. The number of hydrogen-bond donors (Lipinski definition) is 4. The molecule has 336 valence electrons. The Morgan fingerprint density at radius 1 is 0.439 bits per heavy atom. The first kappa shape index (κ1) is 55.6. The molecular formula is C52H99NO4. The van der Waals surface area contributed by atoms with Crippen LogP contribution in [0.3, 0.4) is 0 Å². The van der Waals surface area contributed by atoms with Crippen LogP contribution >= 0.6 is 0 Å². The van der Waals surface area contributed by atoms with Crippen molar-refractivity contribution in [2.24, 2.45) is 0 Å². The summed E-state index contributed by atoms with van der Waals surface area (Å²) < 4.78 is 0. The van der Waals surface area contributed by atoms with Crippen molar-refractivity contribution < 1.29 is 20.1 Å². The van der Waals surface area contributed by atoms with Crippen LogP contribution in [0.25, 0.3) is 0 Å². The lowest BCUT2D eigenvalue weighted by molar-refractivity contribution is -0.124. The summed E-state index contributed by atoms with van der Waals surface area (Å²) >= 11 is 0. The van der Waals surface area contributed by atoms with Crippen LogP contribution in [-0.2, 0) is 4.79 Å². The molecule has 3 atom stereocenters. The highest BCUT2D eigenvalue weighted by atomic mass is 16.3. The number of carbonyl (C=O) groups is 1. The van der Waals surface area contributed by atoms with Crippen molar-refractivity contribution in [1.82, 2.24) is 5.32 Å². The standard InChI is InChI=1S/C52H99NO4/c1-3-5-7-9-11-13-15-17-19-21-23-25-26-27-29-31-33-35-37-39-41-43-45-49(55)47-52(57)53-50(48-54)51(56)46-44-42-40-38-36-34-32-30-28-24-22-20-18-16-14-12-10-8-6-4-2/h28,30,36,38,44,46,49-51,54-56H,3-27,29,31-35,37,39-43,45,47-48H2,1-2H3,(H,53,57)/b30-28+,38-36+,46-44+. The Labute approximate surface area is 355 Å². The van der Waals surface area contributed by atoms with Crippen LogP contribution in [0.4, 0.5) is 0 Å². The number of hydrogen-bond acceptors (Lipinski definition) is 4. The molecule has 0 fully saturated rings. The van der Waals surface area contributed by atoms with E-state index < -0.39 is 18.2 Å². The SMILES string of the molecule is CCCCCCCCCCCC/C=C/CC/C=C/CC/C=C/C(O)C(CO)NC(=O)CC(O)CCCCCCCCCCCCCCCCCCCCCCCC. The maximum atomic E-state index is 12.5. The van der Waals surface area contributed by atoms with Gasteiger partial charge >= 0.3 is 0 Å². The third kappa shape index (κ3) is 44.0. The topological polar surface area (TPSA) is 89.8 Å². The molecule has 0 spiro atoms. The van der Waals surface area contributed by atoms with Gasteiger partial charge in [-0.15, -0.1) is 0 Å². The molecule has 0 aliphatic heterocycles. The van der Waals surface area contributed by atoms with Crippen molar-refractivity contribution in [2.75, 3.05) is 6.61 Å². The molecule has 1 amide bonds. The monoisotopic (exact) mass is 802 g/mol. The summed E-state index contributed by atoms with van der Waals surface area (Å²) in [6.07, 6.45) is 60.2. The van der Waals surface area contributed by atoms with E-state index in [4.69, 9.17) is 0 Å². The number of aliphatic hydroxyl groups is 3. The molecule has 0 saturated carbocycles. The molecule has 0 bridgehead atoms. The summed E-state index contributed by atoms with van der Waals surface area (Å²) in [5.74, 6) is -0.326. The summed E-state index contributed by atoms with van der Waals surface area (Å²) in [5.41, 5.74) is 0. The third-order valence-corrected chi connectivity index (χ3v) is 11.7. The minimum absolute atomic E-state index is 0.00544. The normalized spacial score (nSPS) is 13.7. The summed E-state index contributed by atoms with van der Waals surface area (Å²) in [5, 5.41) is 33.3. The fraction of sp³-hybridized carbons (Fsp3) is 0.865. The molecular weight excluding hydrogens is 703 g/mol. The molecule has 0 heterocycles. The van der Waals surface area contributed by atoms with Gasteiger partial charge in [-0.05, 0) is 44.9 Å². The minimum atomic E-state index is -0.958. The predicted molar refractivity (Wildman–Crippen MR) is 250 cm³/mol. The van der Waals surface area contributed by atoms with Gasteiger partial charge in [0.1, 0.15) is 0 Å². The van der Waals surface area contributed by atoms with Crippen molar-refractivity contribution in [2.45, 2.75) is 283 Å². The summed E-state index contributed by atoms with van der Waals surface area (Å²) in [7, 11) is 0. The zero-order valence-electron chi connectivity index (χ0n) is 38.2. The highest BCUT2D eigenvalue weighted by Gasteiger charge is 2.20. The van der Waals surface area contributed by atoms with Gasteiger partial charge in [-0.1, -0.05) is 249 Å². The smallest absolute Gasteiger partial charge is 0.222 e. The number of amides is 1. The van der Waals surface area contributed by atoms with Crippen molar-refractivity contribution in [1.29, 1.82) is 0 Å². The average Bonchev–Trinajstić information content (AvgIpc) is 3.20. The summed E-state index contributed by atoms with van der Waals surface area (Å²) in [6, 6.07) is -0.766. The van der Waals surface area contributed by atoms with E-state index in [0.29, 0.717) is 6.42 Å². The van der Waals surface area contributed by atoms with Gasteiger partial charge in [0.15, 0.2) is 0 Å². The molecule has 3 unspecified atom stereocenters. The van der Waals surface area contributed by atoms with E-state index in [2.05, 4.69) is 43.5 Å². The van der Waals surface area contributed by atoms with E-state index in [1.54, 1.807) is 6.08 Å². The molecule has 0 aromatic rings. The first-order valence-electron chi connectivity index (χ1n) is 25.3. The van der Waals surface area contributed by atoms with Gasteiger partial charge in [0.25, 0.3) is 0 Å². The number of aliphatic hydroxyl groups excluding tert-OH is 3. The van der Waals surface area contributed by atoms with Gasteiger partial charge in [-0.2, -0.15) is 0 Å². The van der Waals surface area contributed by atoms with E-state index >= 15 is 0 Å². The fourth-order valence-electron chi connectivity index (χ4n) is 7.79. The Bertz CT molecular complexity index is 885. The Balaban J connectivity index is 3.65. The molecule has 0 aliphatic carbocycles. The van der Waals surface area contributed by atoms with Crippen molar-refractivity contribution in [3.8, 4) is 0 Å². The number of unbranched alkanes of at least 4 members (excludes halogenated alkanes) is 33.